The third-order valence-corrected chi connectivity index (χ3v) is 17.7. The van der Waals surface area contributed by atoms with Crippen molar-refractivity contribution in [3.05, 3.63) is 308 Å². The Morgan fingerprint density at radius 1 is 0.330 bits per heavy atom. The third-order valence-electron chi connectivity index (χ3n) is 17.7. The van der Waals surface area contributed by atoms with Gasteiger partial charge in [0.1, 0.15) is 0 Å². The fourth-order valence-corrected chi connectivity index (χ4v) is 13.4. The first-order chi connectivity index (χ1) is 46.4. The molecule has 94 heavy (non-hydrogen) atoms. The van der Waals surface area contributed by atoms with Crippen molar-refractivity contribution < 1.29 is 0 Å². The molecule has 12 aromatic carbocycles. The zero-order valence-corrected chi connectivity index (χ0v) is 50.1. The van der Waals surface area contributed by atoms with E-state index in [9.17, 15) is 10.5 Å². The summed E-state index contributed by atoms with van der Waals surface area (Å²) >= 11 is 0. The number of hydrogen-bond acceptors (Lipinski definition) is 10. The van der Waals surface area contributed by atoms with E-state index < -0.39 is 0 Å². The Balaban J connectivity index is 0.940. The molecule has 0 atom stereocenters. The predicted octanol–water partition coefficient (Wildman–Crippen LogP) is 17.2. The summed E-state index contributed by atoms with van der Waals surface area (Å²) in [6, 6.07) is 101. The van der Waals surface area contributed by atoms with Crippen molar-refractivity contribution in [2.75, 3.05) is 9.80 Å². The molecule has 2 aliphatic rings. The summed E-state index contributed by atoms with van der Waals surface area (Å²) < 4.78 is 2.24. The van der Waals surface area contributed by atoms with E-state index in [0.29, 0.717) is 57.3 Å². The maximum atomic E-state index is 10.7. The molecule has 0 radical (unpaired) electrons. The first-order valence-corrected chi connectivity index (χ1v) is 30.8. The van der Waals surface area contributed by atoms with Gasteiger partial charge in [-0.05, 0) is 119 Å². The van der Waals surface area contributed by atoms with Crippen molar-refractivity contribution in [2.24, 2.45) is 0 Å². The Kier molecular flexibility index (Phi) is 13.1. The quantitative estimate of drug-likeness (QED) is 0.0960. The molecule has 0 saturated carbocycles. The highest BCUT2D eigenvalue weighted by Gasteiger charge is 2.44. The summed E-state index contributed by atoms with van der Waals surface area (Å²) in [5, 5.41) is 23.1. The highest BCUT2D eigenvalue weighted by Crippen LogP contribution is 2.48. The molecule has 0 unspecified atom stereocenters. The van der Waals surface area contributed by atoms with Crippen molar-refractivity contribution in [2.45, 2.75) is 0 Å². The molecule has 0 amide bonds. The topological polar surface area (TPSA) is 141 Å². The number of nitriles is 2. The Hall–Kier alpha value is -13.4. The van der Waals surface area contributed by atoms with Gasteiger partial charge in [-0.1, -0.05) is 194 Å². The number of para-hydroxylation sites is 2. The number of rotatable bonds is 10. The lowest BCUT2D eigenvalue weighted by Crippen LogP contribution is -2.61. The Bertz CT molecular complexity index is 5420. The van der Waals surface area contributed by atoms with Crippen LogP contribution in [-0.4, -0.2) is 41.2 Å². The Labute approximate surface area is 541 Å². The predicted molar refractivity (Wildman–Crippen MR) is 375 cm³/mol. The lowest BCUT2D eigenvalue weighted by Gasteiger charge is -2.44. The number of fused-ring (bicyclic) bond motifs is 7. The molecule has 12 nitrogen and oxygen atoms in total. The fourth-order valence-electron chi connectivity index (χ4n) is 13.4. The van der Waals surface area contributed by atoms with E-state index >= 15 is 0 Å². The maximum Gasteiger partial charge on any atom is 0.251 e. The molecule has 0 saturated heterocycles. The minimum Gasteiger partial charge on any atom is -0.313 e. The zero-order chi connectivity index (χ0) is 62.8. The van der Waals surface area contributed by atoms with E-state index in [2.05, 4.69) is 128 Å². The molecule has 13 heteroatoms. The van der Waals surface area contributed by atoms with Crippen LogP contribution in [0.3, 0.4) is 0 Å². The van der Waals surface area contributed by atoms with Crippen LogP contribution in [0.25, 0.3) is 112 Å². The Morgan fingerprint density at radius 2 is 0.777 bits per heavy atom. The lowest BCUT2D eigenvalue weighted by molar-refractivity contribution is 1.06. The van der Waals surface area contributed by atoms with Gasteiger partial charge in [-0.2, -0.15) is 10.5 Å². The first-order valence-electron chi connectivity index (χ1n) is 30.8. The van der Waals surface area contributed by atoms with E-state index in [-0.39, 0.29) is 6.71 Å². The normalized spacial score (nSPS) is 11.9. The monoisotopic (exact) mass is 1200 g/mol. The average molecular weight is 1200 g/mol. The van der Waals surface area contributed by atoms with Crippen LogP contribution in [0.5, 0.6) is 0 Å². The van der Waals surface area contributed by atoms with E-state index in [1.54, 1.807) is 0 Å². The van der Waals surface area contributed by atoms with Crippen LogP contribution in [-0.2, 0) is 0 Å². The highest BCUT2D eigenvalue weighted by molar-refractivity contribution is 7.00. The van der Waals surface area contributed by atoms with Crippen molar-refractivity contribution in [3.63, 3.8) is 0 Å². The number of aromatic nitrogens is 7. The van der Waals surface area contributed by atoms with Crippen molar-refractivity contribution in [3.8, 4) is 97.3 Å². The molecule has 0 spiro atoms. The summed E-state index contributed by atoms with van der Waals surface area (Å²) in [4.78, 5) is 39.6. The smallest absolute Gasteiger partial charge is 0.251 e. The molecule has 5 heterocycles. The van der Waals surface area contributed by atoms with Crippen LogP contribution in [0.15, 0.2) is 285 Å². The van der Waals surface area contributed by atoms with Gasteiger partial charge in [0, 0.05) is 78.3 Å². The zero-order valence-electron chi connectivity index (χ0n) is 50.1. The minimum atomic E-state index is -0.249. The first kappa shape index (κ1) is 54.7. The molecule has 0 bridgehead atoms. The van der Waals surface area contributed by atoms with Gasteiger partial charge in [0.05, 0.1) is 46.6 Å². The molecule has 17 rings (SSSR count). The van der Waals surface area contributed by atoms with E-state index in [1.807, 2.05) is 188 Å². The second-order valence-electron chi connectivity index (χ2n) is 23.2. The van der Waals surface area contributed by atoms with Crippen molar-refractivity contribution in [1.82, 2.24) is 34.5 Å². The third kappa shape index (κ3) is 9.30. The van der Waals surface area contributed by atoms with Gasteiger partial charge >= 0.3 is 0 Å². The molecule has 15 aromatic rings. The Morgan fingerprint density at radius 3 is 1.29 bits per heavy atom. The van der Waals surface area contributed by atoms with Gasteiger partial charge in [0.15, 0.2) is 40.6 Å². The summed E-state index contributed by atoms with van der Waals surface area (Å²) in [5.41, 5.74) is 19.4. The molecule has 0 fully saturated rings. The van der Waals surface area contributed by atoms with Crippen molar-refractivity contribution in [1.29, 1.82) is 10.5 Å². The SMILES string of the molecule is [C-]#[N+]c1ccc2c(c1)N(c1ccccc1)c1cc(-c3ccc4c(c3)c3ccc(-c5nc(-c6ccccc6)nc(-c6ccccc6)n5)cc3n4-c3ccc(C#N)cc3-c3nc(-c4ccccc4)nc(-c4ccccc4)n3)cc3c1B2c1ccc(C#N)cc1N3c1ccccc1. The summed E-state index contributed by atoms with van der Waals surface area (Å²) in [6.45, 7) is 8.01. The molecule has 0 N–H and O–H groups in total. The van der Waals surface area contributed by atoms with Crippen LogP contribution in [0.1, 0.15) is 11.1 Å². The summed E-state index contributed by atoms with van der Waals surface area (Å²) in [6.07, 6.45) is 0. The van der Waals surface area contributed by atoms with Crippen LogP contribution >= 0.6 is 0 Å². The molecule has 3 aromatic heterocycles. The molecule has 434 valence electrons. The minimum absolute atomic E-state index is 0.249. The molecular weight excluding hydrogens is 1150 g/mol. The van der Waals surface area contributed by atoms with Gasteiger partial charge in [-0.25, -0.2) is 34.7 Å². The maximum absolute atomic E-state index is 10.7. The highest BCUT2D eigenvalue weighted by atomic mass is 15.2. The number of benzene rings is 12. The summed E-state index contributed by atoms with van der Waals surface area (Å²) in [5.74, 6) is 2.94. The second-order valence-corrected chi connectivity index (χ2v) is 23.2. The van der Waals surface area contributed by atoms with Gasteiger partial charge in [0.25, 0.3) is 6.71 Å². The van der Waals surface area contributed by atoms with Crippen LogP contribution in [0, 0.1) is 29.2 Å². The lowest BCUT2D eigenvalue weighted by atomic mass is 9.33. The van der Waals surface area contributed by atoms with Gasteiger partial charge in [-0.3, -0.25) is 0 Å². The van der Waals surface area contributed by atoms with Crippen LogP contribution in [0.2, 0.25) is 0 Å². The van der Waals surface area contributed by atoms with Crippen molar-refractivity contribution >= 4 is 84.7 Å². The fraction of sp³-hybridized carbons (Fsp3) is 0. The summed E-state index contributed by atoms with van der Waals surface area (Å²) in [7, 11) is 0. The molecule has 2 aliphatic heterocycles. The largest absolute Gasteiger partial charge is 0.313 e. The van der Waals surface area contributed by atoms with Gasteiger partial charge < -0.3 is 14.4 Å². The number of nitrogens with zero attached hydrogens (tertiary/aromatic N) is 12. The van der Waals surface area contributed by atoms with E-state index in [4.69, 9.17) is 36.5 Å². The molecular formula is C81H47BN12. The van der Waals surface area contributed by atoms with Gasteiger partial charge in [-0.15, -0.1) is 0 Å². The van der Waals surface area contributed by atoms with Crippen LogP contribution < -0.4 is 26.2 Å². The second kappa shape index (κ2) is 22.6. The standard InChI is InChI=1S/C81H47BN12/c1-85-60-36-39-67-72(48-60)93(62-30-18-7-19-31-62)74-47-59(46-73-75(74)82(67)66-38-32-52(50-84)43-71(66)92(73)61-28-16-6-17-29-61)57-35-41-68-64(44-57)63-37-34-58(80-88-76(53-20-8-2-9-21-53)86-77(89-80)54-22-10-3-11-23-54)45-70(63)94(68)69-40-33-51(49-83)42-65(69)81-90-78(55-24-12-4-13-25-55)87-79(91-81)56-26-14-5-15-27-56/h2-48H. The van der Waals surface area contributed by atoms with Crippen LogP contribution in [0.4, 0.5) is 39.8 Å². The number of hydrogen-bond donors (Lipinski definition) is 0. The molecule has 0 aliphatic carbocycles. The van der Waals surface area contributed by atoms with E-state index in [1.165, 1.54) is 0 Å². The average Bonchev–Trinajstić information content (AvgIpc) is 0.715. The number of anilines is 6. The van der Waals surface area contributed by atoms with E-state index in [0.717, 1.165) is 117 Å². The van der Waals surface area contributed by atoms with Gasteiger partial charge in [0.2, 0.25) is 0 Å².